The molecule has 2 aliphatic carbocycles. The topological polar surface area (TPSA) is 93.1 Å². The fraction of sp³-hybridized carbons (Fsp3) is 0.565. The molecule has 4 rings (SSSR count). The number of carbonyl (C=O) groups excluding carboxylic acids is 2. The highest BCUT2D eigenvalue weighted by Gasteiger charge is 2.40. The normalized spacial score (nSPS) is 22.4. The Morgan fingerprint density at radius 3 is 2.60 bits per heavy atom. The average Bonchev–Trinajstić information content (AvgIpc) is 3.37. The third kappa shape index (κ3) is 4.25. The molecule has 1 aromatic heterocycles. The Labute approximate surface area is 176 Å². The van der Waals surface area contributed by atoms with Crippen molar-refractivity contribution < 1.29 is 9.59 Å². The number of hydrazine groups is 1. The Bertz CT molecular complexity index is 1000. The molecular weight excluding hydrogens is 380 g/mol. The predicted molar refractivity (Wildman–Crippen MR) is 115 cm³/mol. The summed E-state index contributed by atoms with van der Waals surface area (Å²) in [5.41, 5.74) is 5.02. The van der Waals surface area contributed by atoms with E-state index in [-0.39, 0.29) is 17.2 Å². The second-order valence-electron chi connectivity index (χ2n) is 8.77. The van der Waals surface area contributed by atoms with E-state index < -0.39 is 5.91 Å². The first kappa shape index (κ1) is 20.6. The van der Waals surface area contributed by atoms with Gasteiger partial charge in [-0.3, -0.25) is 25.2 Å². The van der Waals surface area contributed by atoms with E-state index in [0.29, 0.717) is 35.6 Å². The molecule has 2 N–H and O–H groups in total. The molecule has 1 heterocycles. The number of aromatic nitrogens is 2. The van der Waals surface area contributed by atoms with E-state index >= 15 is 0 Å². The van der Waals surface area contributed by atoms with Crippen LogP contribution in [0.15, 0.2) is 29.1 Å². The van der Waals surface area contributed by atoms with Gasteiger partial charge in [-0.25, -0.2) is 4.68 Å². The number of hydrogen-bond acceptors (Lipinski definition) is 4. The van der Waals surface area contributed by atoms with Gasteiger partial charge in [-0.2, -0.15) is 5.10 Å². The summed E-state index contributed by atoms with van der Waals surface area (Å²) in [6, 6.07) is 6.97. The summed E-state index contributed by atoms with van der Waals surface area (Å²) in [5, 5.41) is 5.28. The SMILES string of the molecule is CCCCCn1nc(C(=O)NNC(=O)CC2CC3CCC2C3)c2ccccc2c1=O. The van der Waals surface area contributed by atoms with Crippen LogP contribution in [-0.4, -0.2) is 21.6 Å². The molecule has 2 amide bonds. The van der Waals surface area contributed by atoms with Crippen molar-refractivity contribution in [2.24, 2.45) is 17.8 Å². The molecule has 7 heteroatoms. The van der Waals surface area contributed by atoms with Gasteiger partial charge in [0, 0.05) is 18.4 Å². The van der Waals surface area contributed by atoms with Crippen LogP contribution in [0.25, 0.3) is 10.8 Å². The molecule has 0 radical (unpaired) electrons. The summed E-state index contributed by atoms with van der Waals surface area (Å²) in [7, 11) is 0. The van der Waals surface area contributed by atoms with Crippen molar-refractivity contribution >= 4 is 22.6 Å². The molecule has 30 heavy (non-hydrogen) atoms. The highest BCUT2D eigenvalue weighted by Crippen LogP contribution is 2.49. The maximum absolute atomic E-state index is 12.8. The molecular formula is C23H30N4O3. The minimum Gasteiger partial charge on any atom is -0.273 e. The van der Waals surface area contributed by atoms with Gasteiger partial charge in [-0.05, 0) is 49.5 Å². The second-order valence-corrected chi connectivity index (χ2v) is 8.77. The number of rotatable bonds is 7. The number of hydrogen-bond donors (Lipinski definition) is 2. The smallest absolute Gasteiger partial charge is 0.273 e. The molecule has 160 valence electrons. The lowest BCUT2D eigenvalue weighted by atomic mass is 9.86. The fourth-order valence-electron chi connectivity index (χ4n) is 5.17. The predicted octanol–water partition coefficient (Wildman–Crippen LogP) is 3.17. The molecule has 0 aliphatic heterocycles. The minimum absolute atomic E-state index is 0.155. The van der Waals surface area contributed by atoms with Gasteiger partial charge >= 0.3 is 0 Å². The largest absolute Gasteiger partial charge is 0.290 e. The van der Waals surface area contributed by atoms with Crippen molar-refractivity contribution in [3.05, 3.63) is 40.3 Å². The first-order chi connectivity index (χ1) is 14.6. The van der Waals surface area contributed by atoms with E-state index in [4.69, 9.17) is 0 Å². The lowest BCUT2D eigenvalue weighted by Gasteiger charge is -2.21. The van der Waals surface area contributed by atoms with Crippen molar-refractivity contribution in [3.8, 4) is 0 Å². The third-order valence-electron chi connectivity index (χ3n) is 6.70. The molecule has 3 unspecified atom stereocenters. The van der Waals surface area contributed by atoms with Crippen molar-refractivity contribution in [1.82, 2.24) is 20.6 Å². The van der Waals surface area contributed by atoms with Crippen LogP contribution in [0.3, 0.4) is 0 Å². The number of fused-ring (bicyclic) bond motifs is 3. The van der Waals surface area contributed by atoms with Crippen LogP contribution < -0.4 is 16.4 Å². The van der Waals surface area contributed by atoms with Gasteiger partial charge in [0.15, 0.2) is 5.69 Å². The highest BCUT2D eigenvalue weighted by molar-refractivity contribution is 6.05. The Hall–Kier alpha value is -2.70. The summed E-state index contributed by atoms with van der Waals surface area (Å²) in [5.74, 6) is 1.21. The monoisotopic (exact) mass is 410 g/mol. The van der Waals surface area contributed by atoms with Gasteiger partial charge in [0.1, 0.15) is 0 Å². The summed E-state index contributed by atoms with van der Waals surface area (Å²) in [6.45, 7) is 2.56. The maximum Gasteiger partial charge on any atom is 0.290 e. The second kappa shape index (κ2) is 8.98. The summed E-state index contributed by atoms with van der Waals surface area (Å²) < 4.78 is 1.37. The van der Waals surface area contributed by atoms with Gasteiger partial charge in [0.05, 0.1) is 5.39 Å². The molecule has 2 fully saturated rings. The third-order valence-corrected chi connectivity index (χ3v) is 6.70. The number of carbonyl (C=O) groups is 2. The average molecular weight is 411 g/mol. The lowest BCUT2D eigenvalue weighted by molar-refractivity contribution is -0.123. The van der Waals surface area contributed by atoms with Crippen LogP contribution in [0, 0.1) is 17.8 Å². The lowest BCUT2D eigenvalue weighted by Crippen LogP contribution is -2.43. The zero-order valence-corrected chi connectivity index (χ0v) is 17.5. The van der Waals surface area contributed by atoms with Crippen molar-refractivity contribution in [2.75, 3.05) is 0 Å². The van der Waals surface area contributed by atoms with Gasteiger partial charge in [0.25, 0.3) is 11.5 Å². The Morgan fingerprint density at radius 2 is 1.90 bits per heavy atom. The van der Waals surface area contributed by atoms with E-state index in [2.05, 4.69) is 22.9 Å². The van der Waals surface area contributed by atoms with E-state index in [1.807, 2.05) is 0 Å². The molecule has 0 saturated heterocycles. The molecule has 0 spiro atoms. The van der Waals surface area contributed by atoms with E-state index in [0.717, 1.165) is 31.6 Å². The summed E-state index contributed by atoms with van der Waals surface area (Å²) in [6.07, 6.45) is 8.19. The molecule has 3 atom stereocenters. The molecule has 2 aliphatic rings. The van der Waals surface area contributed by atoms with E-state index in [1.54, 1.807) is 24.3 Å². The van der Waals surface area contributed by atoms with Crippen LogP contribution in [0.1, 0.15) is 68.8 Å². The Kier molecular flexibility index (Phi) is 6.16. The van der Waals surface area contributed by atoms with Crippen molar-refractivity contribution in [3.63, 3.8) is 0 Å². The van der Waals surface area contributed by atoms with E-state index in [9.17, 15) is 14.4 Å². The number of unbranched alkanes of at least 4 members (excludes halogenated alkanes) is 2. The molecule has 7 nitrogen and oxygen atoms in total. The number of nitrogens with one attached hydrogen (secondary N) is 2. The zero-order valence-electron chi connectivity index (χ0n) is 17.5. The standard InChI is InChI=1S/C23H30N4O3/c1-2-3-6-11-27-23(30)19-8-5-4-7-18(19)21(26-27)22(29)25-24-20(28)14-17-13-15-9-10-16(17)12-15/h4-5,7-8,15-17H,2-3,6,9-14H2,1H3,(H,24,28)(H,25,29). The van der Waals surface area contributed by atoms with Gasteiger partial charge in [-0.1, -0.05) is 44.4 Å². The van der Waals surface area contributed by atoms with Gasteiger partial charge in [-0.15, -0.1) is 0 Å². The van der Waals surface area contributed by atoms with Crippen LogP contribution in [0.4, 0.5) is 0 Å². The van der Waals surface area contributed by atoms with Crippen LogP contribution in [0.2, 0.25) is 0 Å². The minimum atomic E-state index is -0.503. The zero-order chi connectivity index (χ0) is 21.1. The van der Waals surface area contributed by atoms with E-state index in [1.165, 1.54) is 23.9 Å². The molecule has 2 bridgehead atoms. The molecule has 1 aromatic carbocycles. The van der Waals surface area contributed by atoms with Crippen LogP contribution in [-0.2, 0) is 11.3 Å². The highest BCUT2D eigenvalue weighted by atomic mass is 16.2. The van der Waals surface area contributed by atoms with Crippen LogP contribution in [0.5, 0.6) is 0 Å². The van der Waals surface area contributed by atoms with Gasteiger partial charge < -0.3 is 0 Å². The maximum atomic E-state index is 12.8. The van der Waals surface area contributed by atoms with Crippen molar-refractivity contribution in [2.45, 2.75) is 64.8 Å². The summed E-state index contributed by atoms with van der Waals surface area (Å²) >= 11 is 0. The summed E-state index contributed by atoms with van der Waals surface area (Å²) in [4.78, 5) is 37.9. The first-order valence-corrected chi connectivity index (χ1v) is 11.2. The van der Waals surface area contributed by atoms with Gasteiger partial charge in [0.2, 0.25) is 5.91 Å². The number of nitrogens with zero attached hydrogens (tertiary/aromatic N) is 2. The number of benzene rings is 1. The quantitative estimate of drug-likeness (QED) is 0.542. The number of aryl methyl sites for hydroxylation is 1. The fourth-order valence-corrected chi connectivity index (χ4v) is 5.17. The first-order valence-electron chi connectivity index (χ1n) is 11.2. The molecule has 2 saturated carbocycles. The Balaban J connectivity index is 1.45. The van der Waals surface area contributed by atoms with Crippen molar-refractivity contribution in [1.29, 1.82) is 0 Å². The Morgan fingerprint density at radius 1 is 1.10 bits per heavy atom. The number of amides is 2. The molecule has 2 aromatic rings. The van der Waals surface area contributed by atoms with Crippen LogP contribution >= 0.6 is 0 Å².